The normalized spacial score (nSPS) is 31.9. The molecule has 5 fully saturated rings. The molecule has 1 aromatic heterocycles. The molecular weight excluding hydrogens is 418 g/mol. The van der Waals surface area contributed by atoms with Crippen LogP contribution in [0.25, 0.3) is 10.2 Å². The lowest BCUT2D eigenvalue weighted by Gasteiger charge is -2.56. The van der Waals surface area contributed by atoms with Gasteiger partial charge in [-0.3, -0.25) is 9.59 Å². The second-order valence-electron chi connectivity index (χ2n) is 11.0. The van der Waals surface area contributed by atoms with E-state index in [1.54, 1.807) is 11.3 Å². The number of likely N-dealkylation sites (tertiary alicyclic amines) is 1. The molecule has 5 aliphatic rings. The third kappa shape index (κ3) is 3.95. The summed E-state index contributed by atoms with van der Waals surface area (Å²) in [6.07, 6.45) is 10.4. The maximum absolute atomic E-state index is 12.7. The monoisotopic (exact) mass is 451 g/mol. The Morgan fingerprint density at radius 3 is 2.34 bits per heavy atom. The highest BCUT2D eigenvalue weighted by atomic mass is 32.1. The van der Waals surface area contributed by atoms with E-state index in [-0.39, 0.29) is 23.8 Å². The summed E-state index contributed by atoms with van der Waals surface area (Å²) in [5.74, 6) is 3.14. The molecule has 2 aromatic rings. The van der Waals surface area contributed by atoms with Crippen LogP contribution in [0.2, 0.25) is 0 Å². The number of carbonyl (C=O) groups is 2. The minimum absolute atomic E-state index is 0.0617. The van der Waals surface area contributed by atoms with E-state index in [0.29, 0.717) is 12.3 Å². The number of amides is 2. The molecule has 0 unspecified atom stereocenters. The van der Waals surface area contributed by atoms with Crippen molar-refractivity contribution in [2.45, 2.75) is 63.7 Å². The van der Waals surface area contributed by atoms with Crippen LogP contribution in [0.15, 0.2) is 24.3 Å². The highest BCUT2D eigenvalue weighted by molar-refractivity contribution is 7.18. The highest BCUT2D eigenvalue weighted by Crippen LogP contribution is 2.61. The summed E-state index contributed by atoms with van der Waals surface area (Å²) in [5, 5.41) is 4.17. The summed E-state index contributed by atoms with van der Waals surface area (Å²) < 4.78 is 1.24. The van der Waals surface area contributed by atoms with Crippen molar-refractivity contribution in [3.05, 3.63) is 29.3 Å². The fourth-order valence-electron chi connectivity index (χ4n) is 7.64. The largest absolute Gasteiger partial charge is 0.347 e. The first kappa shape index (κ1) is 20.6. The number of aromatic nitrogens is 1. The summed E-state index contributed by atoms with van der Waals surface area (Å²) in [7, 11) is 0. The molecular formula is C26H33N3O2S. The average molecular weight is 452 g/mol. The molecule has 0 radical (unpaired) electrons. The molecule has 1 aromatic carbocycles. The van der Waals surface area contributed by atoms with Crippen molar-refractivity contribution in [2.75, 3.05) is 19.6 Å². The Kier molecular flexibility index (Phi) is 5.24. The molecule has 0 spiro atoms. The Morgan fingerprint density at radius 1 is 1.03 bits per heavy atom. The van der Waals surface area contributed by atoms with Gasteiger partial charge in [0.15, 0.2) is 0 Å². The van der Waals surface area contributed by atoms with Gasteiger partial charge in [0.1, 0.15) is 0 Å². The van der Waals surface area contributed by atoms with Gasteiger partial charge < -0.3 is 10.2 Å². The van der Waals surface area contributed by atoms with Crippen molar-refractivity contribution < 1.29 is 9.59 Å². The highest BCUT2D eigenvalue weighted by Gasteiger charge is 2.51. The summed E-state index contributed by atoms with van der Waals surface area (Å²) in [6.45, 7) is 1.66. The third-order valence-electron chi connectivity index (χ3n) is 8.64. The van der Waals surface area contributed by atoms with E-state index in [0.717, 1.165) is 49.2 Å². The minimum Gasteiger partial charge on any atom is -0.347 e. The Bertz CT molecular complexity index is 955. The van der Waals surface area contributed by atoms with E-state index in [4.69, 9.17) is 4.98 Å². The first-order chi connectivity index (χ1) is 15.6. The van der Waals surface area contributed by atoms with Gasteiger partial charge in [-0.05, 0) is 86.7 Å². The van der Waals surface area contributed by atoms with Gasteiger partial charge in [0.25, 0.3) is 0 Å². The number of piperidine rings is 1. The van der Waals surface area contributed by atoms with E-state index in [2.05, 4.69) is 23.5 Å². The molecule has 4 aliphatic carbocycles. The lowest BCUT2D eigenvalue weighted by molar-refractivity contribution is -0.136. The van der Waals surface area contributed by atoms with Crippen LogP contribution >= 0.6 is 11.3 Å². The first-order valence-corrected chi connectivity index (χ1v) is 13.3. The van der Waals surface area contributed by atoms with Crippen molar-refractivity contribution in [1.29, 1.82) is 0 Å². The topological polar surface area (TPSA) is 62.3 Å². The van der Waals surface area contributed by atoms with Crippen LogP contribution in [0, 0.1) is 23.2 Å². The first-order valence-electron chi connectivity index (χ1n) is 12.5. The molecule has 0 atom stereocenters. The quantitative estimate of drug-likeness (QED) is 0.715. The molecule has 1 aliphatic heterocycles. The van der Waals surface area contributed by atoms with E-state index < -0.39 is 0 Å². The number of hydrogen-bond donors (Lipinski definition) is 1. The minimum atomic E-state index is 0.0617. The molecule has 4 bridgehead atoms. The predicted octanol–water partition coefficient (Wildman–Crippen LogP) is 4.73. The lowest BCUT2D eigenvalue weighted by Crippen LogP contribution is -2.49. The lowest BCUT2D eigenvalue weighted by atomic mass is 9.49. The number of benzene rings is 1. The number of hydrogen-bond acceptors (Lipinski definition) is 4. The Balaban J connectivity index is 0.985. The number of nitrogens with zero attached hydrogens (tertiary/aromatic N) is 2. The number of para-hydroxylation sites is 1. The average Bonchev–Trinajstić information content (AvgIpc) is 3.21. The van der Waals surface area contributed by atoms with Gasteiger partial charge in [0.05, 0.1) is 21.8 Å². The summed E-state index contributed by atoms with van der Waals surface area (Å²) >= 11 is 1.78. The number of carbonyl (C=O) groups excluding carboxylic acids is 2. The van der Waals surface area contributed by atoms with Crippen molar-refractivity contribution in [2.24, 2.45) is 23.2 Å². The molecule has 1 saturated heterocycles. The van der Waals surface area contributed by atoms with E-state index in [1.807, 2.05) is 11.0 Å². The molecule has 4 saturated carbocycles. The second kappa shape index (κ2) is 8.12. The molecule has 2 amide bonds. The van der Waals surface area contributed by atoms with Gasteiger partial charge in [-0.1, -0.05) is 12.1 Å². The van der Waals surface area contributed by atoms with Crippen molar-refractivity contribution in [3.8, 4) is 0 Å². The van der Waals surface area contributed by atoms with Gasteiger partial charge in [0, 0.05) is 25.4 Å². The fourth-order valence-corrected chi connectivity index (χ4v) is 8.77. The number of thiazole rings is 1. The van der Waals surface area contributed by atoms with Crippen LogP contribution in [0.1, 0.15) is 68.7 Å². The number of fused-ring (bicyclic) bond motifs is 1. The molecule has 6 heteroatoms. The SMILES string of the molecule is O=C(CC12CC3CC(CC(C3)C1)C2)NCC(=O)N1CCC(c2nc3ccccc3s2)CC1. The van der Waals surface area contributed by atoms with Gasteiger partial charge in [-0.2, -0.15) is 0 Å². The zero-order valence-corrected chi connectivity index (χ0v) is 19.5. The fraction of sp³-hybridized carbons (Fsp3) is 0.654. The summed E-state index contributed by atoms with van der Waals surface area (Å²) in [5.41, 5.74) is 1.31. The van der Waals surface area contributed by atoms with Crippen LogP contribution in [0.5, 0.6) is 0 Å². The summed E-state index contributed by atoms with van der Waals surface area (Å²) in [4.78, 5) is 32.2. The van der Waals surface area contributed by atoms with Gasteiger partial charge >= 0.3 is 0 Å². The summed E-state index contributed by atoms with van der Waals surface area (Å²) in [6, 6.07) is 8.29. The van der Waals surface area contributed by atoms with Crippen LogP contribution in [0.3, 0.4) is 0 Å². The van der Waals surface area contributed by atoms with Crippen molar-refractivity contribution in [3.63, 3.8) is 0 Å². The Morgan fingerprint density at radius 2 is 1.69 bits per heavy atom. The molecule has 32 heavy (non-hydrogen) atoms. The maximum atomic E-state index is 12.7. The Hall–Kier alpha value is -1.95. The maximum Gasteiger partial charge on any atom is 0.241 e. The molecule has 5 nitrogen and oxygen atoms in total. The van der Waals surface area contributed by atoms with E-state index in [9.17, 15) is 9.59 Å². The van der Waals surface area contributed by atoms with Crippen LogP contribution in [-0.2, 0) is 9.59 Å². The standard InChI is InChI=1S/C26H33N3O2S/c30-23(15-26-12-17-9-18(13-26)11-19(10-17)14-26)27-16-24(31)29-7-5-20(6-8-29)25-28-21-3-1-2-4-22(21)32-25/h1-4,17-20H,5-16H2,(H,27,30). The van der Waals surface area contributed by atoms with Gasteiger partial charge in [-0.15, -0.1) is 11.3 Å². The van der Waals surface area contributed by atoms with Crippen LogP contribution in [0.4, 0.5) is 0 Å². The number of nitrogens with one attached hydrogen (secondary N) is 1. The second-order valence-corrected chi connectivity index (χ2v) is 12.1. The Labute approximate surface area is 194 Å². The number of rotatable bonds is 5. The molecule has 2 heterocycles. The zero-order chi connectivity index (χ0) is 21.7. The van der Waals surface area contributed by atoms with Gasteiger partial charge in [-0.25, -0.2) is 4.98 Å². The molecule has 7 rings (SSSR count). The third-order valence-corrected chi connectivity index (χ3v) is 9.84. The smallest absolute Gasteiger partial charge is 0.241 e. The predicted molar refractivity (Wildman–Crippen MR) is 126 cm³/mol. The van der Waals surface area contributed by atoms with E-state index >= 15 is 0 Å². The van der Waals surface area contributed by atoms with Crippen LogP contribution in [-0.4, -0.2) is 41.3 Å². The molecule has 1 N–H and O–H groups in total. The van der Waals surface area contributed by atoms with Crippen molar-refractivity contribution >= 4 is 33.4 Å². The van der Waals surface area contributed by atoms with Gasteiger partial charge in [0.2, 0.25) is 11.8 Å². The van der Waals surface area contributed by atoms with E-state index in [1.165, 1.54) is 48.2 Å². The van der Waals surface area contributed by atoms with Crippen molar-refractivity contribution in [1.82, 2.24) is 15.2 Å². The molecule has 170 valence electrons. The zero-order valence-electron chi connectivity index (χ0n) is 18.7. The van der Waals surface area contributed by atoms with Crippen LogP contribution < -0.4 is 5.32 Å².